The predicted molar refractivity (Wildman–Crippen MR) is 39.9 cm³/mol. The maximum absolute atomic E-state index is 5.58. The molecule has 1 heterocycles. The van der Waals surface area contributed by atoms with Crippen molar-refractivity contribution in [2.75, 3.05) is 0 Å². The van der Waals surface area contributed by atoms with Crippen molar-refractivity contribution in [2.24, 2.45) is 7.05 Å². The van der Waals surface area contributed by atoms with E-state index in [1.807, 2.05) is 18.5 Å². The smallest absolute Gasteiger partial charge is 0.147 e. The number of hydrogen-bond donors (Lipinski definition) is 0. The Morgan fingerprint density at radius 2 is 2.00 bits per heavy atom. The molecule has 1 aromatic heterocycles. The van der Waals surface area contributed by atoms with Gasteiger partial charge in [-0.1, -0.05) is 6.92 Å². The maximum Gasteiger partial charge on any atom is 0.147 e. The third-order valence-electron chi connectivity index (χ3n) is 1.49. The lowest BCUT2D eigenvalue weighted by molar-refractivity contribution is 0.780. The first-order valence-electron chi connectivity index (χ1n) is 3.22. The van der Waals surface area contributed by atoms with E-state index in [0.29, 0.717) is 5.88 Å². The van der Waals surface area contributed by atoms with Crippen LogP contribution in [0.2, 0.25) is 0 Å². The highest BCUT2D eigenvalue weighted by Gasteiger charge is 2.03. The molecule has 3 nitrogen and oxygen atoms in total. The minimum absolute atomic E-state index is 0.434. The molecule has 0 unspecified atom stereocenters. The highest BCUT2D eigenvalue weighted by Crippen LogP contribution is 2.01. The summed E-state index contributed by atoms with van der Waals surface area (Å²) in [6.45, 7) is 2.04. The van der Waals surface area contributed by atoms with Crippen LogP contribution < -0.4 is 0 Å². The van der Waals surface area contributed by atoms with Gasteiger partial charge in [0.15, 0.2) is 0 Å². The third kappa shape index (κ3) is 1.14. The number of aromatic nitrogens is 3. The van der Waals surface area contributed by atoms with Gasteiger partial charge in [0.05, 0.1) is 5.88 Å². The lowest BCUT2D eigenvalue weighted by Gasteiger charge is -1.96. The van der Waals surface area contributed by atoms with Crippen LogP contribution in [0.5, 0.6) is 0 Å². The third-order valence-corrected chi connectivity index (χ3v) is 1.73. The zero-order chi connectivity index (χ0) is 7.56. The fraction of sp³-hybridized carbons (Fsp3) is 0.667. The number of nitrogens with zero attached hydrogens (tertiary/aromatic N) is 3. The predicted octanol–water partition coefficient (Wildman–Crippen LogP) is 1.12. The summed E-state index contributed by atoms with van der Waals surface area (Å²) in [5, 5.41) is 7.82. The summed E-state index contributed by atoms with van der Waals surface area (Å²) in [7, 11) is 1.93. The van der Waals surface area contributed by atoms with Gasteiger partial charge >= 0.3 is 0 Å². The van der Waals surface area contributed by atoms with Crippen LogP contribution in [0.3, 0.4) is 0 Å². The molecule has 4 heteroatoms. The van der Waals surface area contributed by atoms with Crippen LogP contribution in [0.1, 0.15) is 18.6 Å². The maximum atomic E-state index is 5.58. The van der Waals surface area contributed by atoms with Crippen LogP contribution in [0.4, 0.5) is 0 Å². The van der Waals surface area contributed by atoms with Crippen LogP contribution in [-0.4, -0.2) is 14.8 Å². The van der Waals surface area contributed by atoms with Crippen molar-refractivity contribution >= 4 is 11.6 Å². The van der Waals surface area contributed by atoms with Crippen molar-refractivity contribution in [3.8, 4) is 0 Å². The van der Waals surface area contributed by atoms with Gasteiger partial charge in [-0.15, -0.1) is 21.8 Å². The standard InChI is InChI=1S/C6H10ClN3/c1-3-5-8-9-6(4-7)10(5)2/h3-4H2,1-2H3. The molecule has 56 valence electrons. The molecule has 1 rings (SSSR count). The van der Waals surface area contributed by atoms with Crippen molar-refractivity contribution < 1.29 is 0 Å². The molecule has 0 aromatic carbocycles. The first-order chi connectivity index (χ1) is 4.79. The molecule has 0 atom stereocenters. The van der Waals surface area contributed by atoms with Crippen molar-refractivity contribution in [1.29, 1.82) is 0 Å². The van der Waals surface area contributed by atoms with Crippen LogP contribution in [0.25, 0.3) is 0 Å². The molecule has 1 aromatic rings. The van der Waals surface area contributed by atoms with E-state index in [0.717, 1.165) is 18.1 Å². The van der Waals surface area contributed by atoms with E-state index in [-0.39, 0.29) is 0 Å². The number of hydrogen-bond acceptors (Lipinski definition) is 2. The molecular formula is C6H10ClN3. The number of aryl methyl sites for hydroxylation is 1. The van der Waals surface area contributed by atoms with Gasteiger partial charge in [0.25, 0.3) is 0 Å². The highest BCUT2D eigenvalue weighted by molar-refractivity contribution is 6.16. The number of rotatable bonds is 2. The molecule has 0 bridgehead atoms. The van der Waals surface area contributed by atoms with Gasteiger partial charge in [-0.25, -0.2) is 0 Å². The summed E-state index contributed by atoms with van der Waals surface area (Å²) in [4.78, 5) is 0. The van der Waals surface area contributed by atoms with Crippen molar-refractivity contribution in [2.45, 2.75) is 19.2 Å². The monoisotopic (exact) mass is 159 g/mol. The van der Waals surface area contributed by atoms with E-state index in [1.165, 1.54) is 0 Å². The van der Waals surface area contributed by atoms with Crippen molar-refractivity contribution in [1.82, 2.24) is 14.8 Å². The Labute approximate surface area is 65.0 Å². The molecule has 0 aliphatic carbocycles. The molecule has 0 amide bonds. The molecule has 10 heavy (non-hydrogen) atoms. The van der Waals surface area contributed by atoms with E-state index in [9.17, 15) is 0 Å². The fourth-order valence-corrected chi connectivity index (χ4v) is 1.06. The Morgan fingerprint density at radius 3 is 2.30 bits per heavy atom. The minimum Gasteiger partial charge on any atom is -0.317 e. The van der Waals surface area contributed by atoms with E-state index < -0.39 is 0 Å². The number of halogens is 1. The molecule has 0 aliphatic heterocycles. The quantitative estimate of drug-likeness (QED) is 0.606. The second-order valence-electron chi connectivity index (χ2n) is 2.08. The van der Waals surface area contributed by atoms with Crippen LogP contribution in [0, 0.1) is 0 Å². The van der Waals surface area contributed by atoms with Crippen LogP contribution in [-0.2, 0) is 19.3 Å². The summed E-state index contributed by atoms with van der Waals surface area (Å²) >= 11 is 5.58. The van der Waals surface area contributed by atoms with Crippen LogP contribution in [0.15, 0.2) is 0 Å². The van der Waals surface area contributed by atoms with Gasteiger partial charge in [0.2, 0.25) is 0 Å². The van der Waals surface area contributed by atoms with Gasteiger partial charge in [0, 0.05) is 13.5 Å². The summed E-state index contributed by atoms with van der Waals surface area (Å²) < 4.78 is 1.92. The second-order valence-corrected chi connectivity index (χ2v) is 2.35. The van der Waals surface area contributed by atoms with Crippen molar-refractivity contribution in [3.05, 3.63) is 11.6 Å². The van der Waals surface area contributed by atoms with E-state index in [4.69, 9.17) is 11.6 Å². The van der Waals surface area contributed by atoms with E-state index in [2.05, 4.69) is 10.2 Å². The average Bonchev–Trinajstić information content (AvgIpc) is 2.30. The van der Waals surface area contributed by atoms with Crippen LogP contribution >= 0.6 is 11.6 Å². The first kappa shape index (κ1) is 7.54. The molecule has 0 spiro atoms. The summed E-state index contributed by atoms with van der Waals surface area (Å²) in [5.74, 6) is 2.25. The molecule has 0 fully saturated rings. The second kappa shape index (κ2) is 3.01. The Kier molecular flexibility index (Phi) is 2.27. The zero-order valence-electron chi connectivity index (χ0n) is 6.13. The van der Waals surface area contributed by atoms with Gasteiger partial charge in [-0.3, -0.25) is 0 Å². The van der Waals surface area contributed by atoms with Gasteiger partial charge < -0.3 is 4.57 Å². The first-order valence-corrected chi connectivity index (χ1v) is 3.76. The summed E-state index contributed by atoms with van der Waals surface area (Å²) in [6.07, 6.45) is 0.903. The Bertz CT molecular complexity index is 197. The lowest BCUT2D eigenvalue weighted by atomic mass is 10.4. The summed E-state index contributed by atoms with van der Waals surface area (Å²) in [6, 6.07) is 0. The SMILES string of the molecule is CCc1nnc(CCl)n1C. The molecule has 0 N–H and O–H groups in total. The Morgan fingerprint density at radius 1 is 1.40 bits per heavy atom. The fourth-order valence-electron chi connectivity index (χ4n) is 0.823. The molecular weight excluding hydrogens is 150 g/mol. The Balaban J connectivity index is 2.97. The van der Waals surface area contributed by atoms with Crippen molar-refractivity contribution in [3.63, 3.8) is 0 Å². The Hall–Kier alpha value is -0.570. The average molecular weight is 160 g/mol. The normalized spacial score (nSPS) is 10.3. The largest absolute Gasteiger partial charge is 0.317 e. The van der Waals surface area contributed by atoms with Gasteiger partial charge in [-0.2, -0.15) is 0 Å². The summed E-state index contributed by atoms with van der Waals surface area (Å²) in [5.41, 5.74) is 0. The highest BCUT2D eigenvalue weighted by atomic mass is 35.5. The topological polar surface area (TPSA) is 30.7 Å². The number of alkyl halides is 1. The van der Waals surface area contributed by atoms with E-state index >= 15 is 0 Å². The molecule has 0 aliphatic rings. The van der Waals surface area contributed by atoms with Gasteiger partial charge in [-0.05, 0) is 0 Å². The lowest BCUT2D eigenvalue weighted by Crippen LogP contribution is -1.99. The zero-order valence-corrected chi connectivity index (χ0v) is 6.89. The van der Waals surface area contributed by atoms with Gasteiger partial charge in [0.1, 0.15) is 11.6 Å². The molecule has 0 saturated carbocycles. The minimum atomic E-state index is 0.434. The van der Waals surface area contributed by atoms with E-state index in [1.54, 1.807) is 0 Å². The molecule has 0 radical (unpaired) electrons. The molecule has 0 saturated heterocycles.